The average Bonchev–Trinajstić information content (AvgIpc) is 2.77. The number of hydrogen-bond acceptors (Lipinski definition) is 5. The molecule has 0 saturated carbocycles. The van der Waals surface area contributed by atoms with Crippen molar-refractivity contribution in [3.8, 4) is 0 Å². The van der Waals surface area contributed by atoms with Crippen LogP contribution in [-0.2, 0) is 20.0 Å². The van der Waals surface area contributed by atoms with E-state index in [-0.39, 0.29) is 5.82 Å². The Morgan fingerprint density at radius 1 is 1.53 bits per heavy atom. The minimum absolute atomic E-state index is 0.163. The molecular formula is C12H15N5O2. The highest BCUT2D eigenvalue weighted by molar-refractivity contribution is 5.56. The normalized spacial score (nSPS) is 10.4. The van der Waals surface area contributed by atoms with E-state index in [9.17, 15) is 10.1 Å². The molecule has 7 nitrogen and oxygen atoms in total. The van der Waals surface area contributed by atoms with E-state index in [0.717, 1.165) is 17.7 Å². The van der Waals surface area contributed by atoms with E-state index in [2.05, 4.69) is 15.4 Å². The summed E-state index contributed by atoms with van der Waals surface area (Å²) in [4.78, 5) is 14.1. The molecule has 2 heterocycles. The molecule has 100 valence electrons. The summed E-state index contributed by atoms with van der Waals surface area (Å²) in [6.07, 6.45) is 4.14. The van der Waals surface area contributed by atoms with Crippen molar-refractivity contribution in [1.82, 2.24) is 14.8 Å². The number of rotatable bonds is 5. The molecule has 0 saturated heterocycles. The Labute approximate surface area is 110 Å². The second-order valence-corrected chi connectivity index (χ2v) is 4.11. The van der Waals surface area contributed by atoms with Gasteiger partial charge in [-0.1, -0.05) is 6.92 Å². The Morgan fingerprint density at radius 3 is 3.00 bits per heavy atom. The van der Waals surface area contributed by atoms with Gasteiger partial charge in [0.15, 0.2) is 0 Å². The monoisotopic (exact) mass is 261 g/mol. The molecule has 0 aliphatic carbocycles. The predicted octanol–water partition coefficient (Wildman–Crippen LogP) is 1.90. The van der Waals surface area contributed by atoms with Gasteiger partial charge in [-0.05, 0) is 28.5 Å². The molecule has 1 N–H and O–H groups in total. The second-order valence-electron chi connectivity index (χ2n) is 4.11. The first-order chi connectivity index (χ1) is 9.11. The average molecular weight is 261 g/mol. The number of aryl methyl sites for hydroxylation is 2. The molecule has 0 fully saturated rings. The molecule has 0 amide bonds. The highest BCUT2D eigenvalue weighted by atomic mass is 16.6. The summed E-state index contributed by atoms with van der Waals surface area (Å²) in [5, 5.41) is 18.2. The van der Waals surface area contributed by atoms with Crippen LogP contribution >= 0.6 is 0 Å². The van der Waals surface area contributed by atoms with Gasteiger partial charge in [-0.2, -0.15) is 5.10 Å². The Bertz CT molecular complexity index is 594. The van der Waals surface area contributed by atoms with E-state index in [4.69, 9.17) is 0 Å². The minimum atomic E-state index is -0.494. The summed E-state index contributed by atoms with van der Waals surface area (Å²) in [6, 6.07) is 3.31. The summed E-state index contributed by atoms with van der Waals surface area (Å²) in [6.45, 7) is 2.52. The molecule has 0 aliphatic heterocycles. The second kappa shape index (κ2) is 5.47. The largest absolute Gasteiger partial charge is 0.386 e. The van der Waals surface area contributed by atoms with Gasteiger partial charge in [-0.3, -0.25) is 4.68 Å². The summed E-state index contributed by atoms with van der Waals surface area (Å²) < 4.78 is 1.74. The van der Waals surface area contributed by atoms with Crippen LogP contribution in [0, 0.1) is 10.1 Å². The van der Waals surface area contributed by atoms with Crippen LogP contribution < -0.4 is 5.32 Å². The van der Waals surface area contributed by atoms with Gasteiger partial charge in [0.1, 0.15) is 11.9 Å². The molecule has 0 spiro atoms. The van der Waals surface area contributed by atoms with Crippen LogP contribution in [0.3, 0.4) is 0 Å². The summed E-state index contributed by atoms with van der Waals surface area (Å²) in [7, 11) is 1.86. The molecule has 0 radical (unpaired) electrons. The third-order valence-corrected chi connectivity index (χ3v) is 2.76. The fourth-order valence-electron chi connectivity index (χ4n) is 1.90. The van der Waals surface area contributed by atoms with E-state index in [1.165, 1.54) is 6.20 Å². The van der Waals surface area contributed by atoms with Crippen molar-refractivity contribution < 1.29 is 4.92 Å². The van der Waals surface area contributed by atoms with Crippen molar-refractivity contribution in [1.29, 1.82) is 0 Å². The van der Waals surface area contributed by atoms with E-state index in [0.29, 0.717) is 12.2 Å². The Kier molecular flexibility index (Phi) is 3.74. The van der Waals surface area contributed by atoms with Crippen molar-refractivity contribution in [3.63, 3.8) is 0 Å². The number of nitro groups is 1. The summed E-state index contributed by atoms with van der Waals surface area (Å²) in [5.41, 5.74) is 2.43. The number of anilines is 1. The van der Waals surface area contributed by atoms with Crippen LogP contribution in [0.15, 0.2) is 24.5 Å². The van der Waals surface area contributed by atoms with Crippen LogP contribution in [0.5, 0.6) is 0 Å². The van der Waals surface area contributed by atoms with Gasteiger partial charge in [0.2, 0.25) is 0 Å². The standard InChI is InChI=1S/C12H15N5O2/c1-3-10-9(8-16(2)15-10)7-14-11-5-4-6-13-12(11)17(18)19/h4-6,8,14H,3,7H2,1-2H3. The van der Waals surface area contributed by atoms with E-state index >= 15 is 0 Å². The van der Waals surface area contributed by atoms with Gasteiger partial charge in [0.05, 0.1) is 5.69 Å². The molecule has 0 aliphatic rings. The SMILES string of the molecule is CCc1nn(C)cc1CNc1cccnc1[N+](=O)[O-]. The van der Waals surface area contributed by atoms with Crippen LogP contribution in [0.25, 0.3) is 0 Å². The smallest absolute Gasteiger partial charge is 0.374 e. The first kappa shape index (κ1) is 13.0. The molecule has 2 aromatic heterocycles. The zero-order valence-corrected chi connectivity index (χ0v) is 10.8. The van der Waals surface area contributed by atoms with Gasteiger partial charge in [-0.25, -0.2) is 0 Å². The van der Waals surface area contributed by atoms with Gasteiger partial charge < -0.3 is 15.4 Å². The number of hydrogen-bond donors (Lipinski definition) is 1. The van der Waals surface area contributed by atoms with Crippen LogP contribution in [0.2, 0.25) is 0 Å². The fourth-order valence-corrected chi connectivity index (χ4v) is 1.90. The van der Waals surface area contributed by atoms with Gasteiger partial charge in [-0.15, -0.1) is 0 Å². The van der Waals surface area contributed by atoms with Crippen LogP contribution in [-0.4, -0.2) is 19.7 Å². The third kappa shape index (κ3) is 2.87. The molecule has 0 aromatic carbocycles. The zero-order chi connectivity index (χ0) is 13.8. The highest BCUT2D eigenvalue weighted by Crippen LogP contribution is 2.21. The topological polar surface area (TPSA) is 85.9 Å². The van der Waals surface area contributed by atoms with Crippen molar-refractivity contribution in [3.05, 3.63) is 45.9 Å². The Morgan fingerprint density at radius 2 is 2.32 bits per heavy atom. The maximum Gasteiger partial charge on any atom is 0.386 e. The van der Waals surface area contributed by atoms with E-state index in [1.54, 1.807) is 16.8 Å². The lowest BCUT2D eigenvalue weighted by atomic mass is 10.2. The van der Waals surface area contributed by atoms with Crippen molar-refractivity contribution in [2.45, 2.75) is 19.9 Å². The van der Waals surface area contributed by atoms with Crippen molar-refractivity contribution in [2.75, 3.05) is 5.32 Å². The third-order valence-electron chi connectivity index (χ3n) is 2.76. The molecule has 7 heteroatoms. The Balaban J connectivity index is 2.16. The number of pyridine rings is 1. The molecular weight excluding hydrogens is 246 g/mol. The molecule has 2 aromatic rings. The number of nitrogens with zero attached hydrogens (tertiary/aromatic N) is 4. The lowest BCUT2D eigenvalue weighted by Gasteiger charge is -2.05. The Hall–Kier alpha value is -2.44. The number of aromatic nitrogens is 3. The lowest BCUT2D eigenvalue weighted by molar-refractivity contribution is -0.388. The fraction of sp³-hybridized carbons (Fsp3) is 0.333. The zero-order valence-electron chi connectivity index (χ0n) is 10.8. The minimum Gasteiger partial charge on any atom is -0.374 e. The maximum absolute atomic E-state index is 10.8. The van der Waals surface area contributed by atoms with Gasteiger partial charge >= 0.3 is 5.82 Å². The summed E-state index contributed by atoms with van der Waals surface area (Å²) in [5.74, 6) is -0.163. The molecule has 2 rings (SSSR count). The highest BCUT2D eigenvalue weighted by Gasteiger charge is 2.14. The molecule has 0 bridgehead atoms. The van der Waals surface area contributed by atoms with E-state index < -0.39 is 4.92 Å². The molecule has 0 atom stereocenters. The lowest BCUT2D eigenvalue weighted by Crippen LogP contribution is -2.04. The first-order valence-corrected chi connectivity index (χ1v) is 5.96. The molecule has 0 unspecified atom stereocenters. The van der Waals surface area contributed by atoms with Crippen LogP contribution in [0.1, 0.15) is 18.2 Å². The van der Waals surface area contributed by atoms with Crippen LogP contribution in [0.4, 0.5) is 11.5 Å². The maximum atomic E-state index is 10.8. The van der Waals surface area contributed by atoms with Gasteiger partial charge in [0, 0.05) is 25.4 Å². The molecule has 19 heavy (non-hydrogen) atoms. The summed E-state index contributed by atoms with van der Waals surface area (Å²) >= 11 is 0. The first-order valence-electron chi connectivity index (χ1n) is 5.96. The number of nitrogens with one attached hydrogen (secondary N) is 1. The van der Waals surface area contributed by atoms with Crippen molar-refractivity contribution in [2.24, 2.45) is 7.05 Å². The van der Waals surface area contributed by atoms with E-state index in [1.807, 2.05) is 20.2 Å². The van der Waals surface area contributed by atoms with Crippen molar-refractivity contribution >= 4 is 11.5 Å². The quantitative estimate of drug-likeness (QED) is 0.656. The predicted molar refractivity (Wildman–Crippen MR) is 70.8 cm³/mol. The van der Waals surface area contributed by atoms with Gasteiger partial charge in [0.25, 0.3) is 0 Å².